The monoisotopic (exact) mass is 336 g/mol. The molecule has 1 unspecified atom stereocenters. The van der Waals surface area contributed by atoms with Gasteiger partial charge in [-0.05, 0) is 50.5 Å². The fraction of sp³-hybridized carbons (Fsp3) is 0.529. The van der Waals surface area contributed by atoms with E-state index in [1.165, 1.54) is 0 Å². The van der Waals surface area contributed by atoms with E-state index < -0.39 is 12.0 Å². The third-order valence-corrected chi connectivity index (χ3v) is 4.34. The van der Waals surface area contributed by atoms with Crippen LogP contribution in [0.1, 0.15) is 50.0 Å². The highest BCUT2D eigenvalue weighted by molar-refractivity contribution is 5.45. The zero-order valence-corrected chi connectivity index (χ0v) is 13.8. The van der Waals surface area contributed by atoms with Crippen molar-refractivity contribution in [2.45, 2.75) is 57.6 Å². The molecule has 3 rings (SSSR count). The Morgan fingerprint density at radius 1 is 1.33 bits per heavy atom. The molecule has 0 saturated heterocycles. The Morgan fingerprint density at radius 3 is 2.62 bits per heavy atom. The van der Waals surface area contributed by atoms with Crippen molar-refractivity contribution >= 4 is 5.82 Å². The summed E-state index contributed by atoms with van der Waals surface area (Å²) in [7, 11) is 0. The van der Waals surface area contributed by atoms with Crippen molar-refractivity contribution in [2.24, 2.45) is 0 Å². The Hall–Kier alpha value is -2.02. The molecule has 1 aliphatic carbocycles. The fourth-order valence-electron chi connectivity index (χ4n) is 2.91. The van der Waals surface area contributed by atoms with Crippen molar-refractivity contribution in [3.05, 3.63) is 35.7 Å². The fourth-order valence-corrected chi connectivity index (χ4v) is 2.91. The highest BCUT2D eigenvalue weighted by Crippen LogP contribution is 2.34. The smallest absolute Gasteiger partial charge is 0.248 e. The number of aliphatic hydroxyl groups is 1. The third-order valence-electron chi connectivity index (χ3n) is 4.34. The first kappa shape index (κ1) is 16.8. The van der Waals surface area contributed by atoms with Crippen LogP contribution in [-0.4, -0.2) is 31.8 Å². The zero-order chi connectivity index (χ0) is 17.3. The quantitative estimate of drug-likeness (QED) is 0.895. The van der Waals surface area contributed by atoms with Gasteiger partial charge in [0.05, 0.1) is 11.8 Å². The van der Waals surface area contributed by atoms with E-state index in [1.807, 2.05) is 13.0 Å². The van der Waals surface area contributed by atoms with E-state index in [4.69, 9.17) is 0 Å². The number of aromatic nitrogens is 3. The summed E-state index contributed by atoms with van der Waals surface area (Å²) in [6.07, 6.45) is 1.75. The number of nitrogens with zero attached hydrogens (tertiary/aromatic N) is 3. The number of alkyl halides is 2. The van der Waals surface area contributed by atoms with Gasteiger partial charge in [-0.25, -0.2) is 18.4 Å². The van der Waals surface area contributed by atoms with Gasteiger partial charge in [0.1, 0.15) is 5.82 Å². The Bertz CT molecular complexity index is 704. The lowest BCUT2D eigenvalue weighted by atomic mass is 9.92. The molecule has 2 aromatic rings. The van der Waals surface area contributed by atoms with Crippen LogP contribution in [0.3, 0.4) is 0 Å². The van der Waals surface area contributed by atoms with Crippen LogP contribution < -0.4 is 5.32 Å². The topological polar surface area (TPSA) is 63.0 Å². The average Bonchev–Trinajstić information content (AvgIpc) is 2.96. The Kier molecular flexibility index (Phi) is 4.54. The number of anilines is 1. The summed E-state index contributed by atoms with van der Waals surface area (Å²) in [5.41, 5.74) is 1.57. The van der Waals surface area contributed by atoms with Gasteiger partial charge in [0.2, 0.25) is 5.92 Å². The second-order valence-electron chi connectivity index (χ2n) is 6.50. The van der Waals surface area contributed by atoms with Crippen molar-refractivity contribution in [3.8, 4) is 5.82 Å². The van der Waals surface area contributed by atoms with Crippen molar-refractivity contribution in [1.29, 1.82) is 0 Å². The molecule has 24 heavy (non-hydrogen) atoms. The molecule has 5 nitrogen and oxygen atoms in total. The van der Waals surface area contributed by atoms with Crippen LogP contribution in [0.15, 0.2) is 24.4 Å². The zero-order valence-electron chi connectivity index (χ0n) is 13.8. The SMILES string of the molecule is Cc1ccn(-c2cc(C(C)O)cc(NC3CCC(F)(F)CC3)n2)n1. The molecule has 2 aromatic heterocycles. The lowest BCUT2D eigenvalue weighted by Crippen LogP contribution is -2.32. The number of rotatable bonds is 4. The molecule has 1 aliphatic rings. The Balaban J connectivity index is 1.83. The maximum atomic E-state index is 13.3. The standard InChI is InChI=1S/C17H22F2N4O/c1-11-5-8-23(22-11)16-10-13(12(2)24)9-15(21-16)20-14-3-6-17(18,19)7-4-14/h5,8-10,12,14,24H,3-4,6-7H2,1-2H3,(H,20,21). The minimum absolute atomic E-state index is 0.0337. The molecule has 2 heterocycles. The normalized spacial score (nSPS) is 19.2. The van der Waals surface area contributed by atoms with E-state index in [1.54, 1.807) is 29.9 Å². The number of aliphatic hydroxyl groups excluding tert-OH is 1. The maximum Gasteiger partial charge on any atom is 0.248 e. The number of hydrogen-bond donors (Lipinski definition) is 2. The van der Waals surface area contributed by atoms with Gasteiger partial charge in [0.25, 0.3) is 0 Å². The van der Waals surface area contributed by atoms with Gasteiger partial charge in [0, 0.05) is 25.1 Å². The van der Waals surface area contributed by atoms with Crippen LogP contribution in [0.25, 0.3) is 5.82 Å². The van der Waals surface area contributed by atoms with Crippen molar-refractivity contribution < 1.29 is 13.9 Å². The molecular formula is C17H22F2N4O. The van der Waals surface area contributed by atoms with Crippen LogP contribution in [0.5, 0.6) is 0 Å². The molecular weight excluding hydrogens is 314 g/mol. The van der Waals surface area contributed by atoms with Crippen LogP contribution in [0.4, 0.5) is 14.6 Å². The summed E-state index contributed by atoms with van der Waals surface area (Å²) < 4.78 is 28.2. The molecule has 0 aliphatic heterocycles. The van der Waals surface area contributed by atoms with Gasteiger partial charge in [-0.3, -0.25) is 0 Å². The van der Waals surface area contributed by atoms with Gasteiger partial charge in [0.15, 0.2) is 5.82 Å². The van der Waals surface area contributed by atoms with E-state index in [0.717, 1.165) is 5.69 Å². The molecule has 0 bridgehead atoms. The van der Waals surface area contributed by atoms with Gasteiger partial charge in [-0.1, -0.05) is 0 Å². The van der Waals surface area contributed by atoms with Crippen LogP contribution in [0.2, 0.25) is 0 Å². The van der Waals surface area contributed by atoms with E-state index in [0.29, 0.717) is 30.0 Å². The molecule has 0 spiro atoms. The molecule has 7 heteroatoms. The number of aryl methyl sites for hydroxylation is 1. The lowest BCUT2D eigenvalue weighted by Gasteiger charge is -2.29. The first-order chi connectivity index (χ1) is 11.3. The molecule has 2 N–H and O–H groups in total. The van der Waals surface area contributed by atoms with Crippen molar-refractivity contribution in [1.82, 2.24) is 14.8 Å². The molecule has 1 saturated carbocycles. The summed E-state index contributed by atoms with van der Waals surface area (Å²) in [6.45, 7) is 3.56. The summed E-state index contributed by atoms with van der Waals surface area (Å²) in [6, 6.07) is 5.37. The van der Waals surface area contributed by atoms with E-state index in [-0.39, 0.29) is 18.9 Å². The first-order valence-corrected chi connectivity index (χ1v) is 8.19. The van der Waals surface area contributed by atoms with Crippen LogP contribution >= 0.6 is 0 Å². The van der Waals surface area contributed by atoms with Gasteiger partial charge >= 0.3 is 0 Å². The average molecular weight is 336 g/mol. The summed E-state index contributed by atoms with van der Waals surface area (Å²) >= 11 is 0. The van der Waals surface area contributed by atoms with Gasteiger partial charge in [-0.2, -0.15) is 5.10 Å². The number of hydrogen-bond acceptors (Lipinski definition) is 4. The molecule has 1 fully saturated rings. The maximum absolute atomic E-state index is 13.3. The predicted molar refractivity (Wildman–Crippen MR) is 87.6 cm³/mol. The van der Waals surface area contributed by atoms with Crippen molar-refractivity contribution in [2.75, 3.05) is 5.32 Å². The van der Waals surface area contributed by atoms with Crippen molar-refractivity contribution in [3.63, 3.8) is 0 Å². The van der Waals surface area contributed by atoms with E-state index >= 15 is 0 Å². The van der Waals surface area contributed by atoms with Crippen LogP contribution in [-0.2, 0) is 0 Å². The largest absolute Gasteiger partial charge is 0.389 e. The van der Waals surface area contributed by atoms with E-state index in [9.17, 15) is 13.9 Å². The Labute approximate surface area is 139 Å². The minimum atomic E-state index is -2.55. The highest BCUT2D eigenvalue weighted by Gasteiger charge is 2.35. The second kappa shape index (κ2) is 6.47. The molecule has 1 atom stereocenters. The molecule has 0 amide bonds. The summed E-state index contributed by atoms with van der Waals surface area (Å²) in [5.74, 6) is -1.39. The first-order valence-electron chi connectivity index (χ1n) is 8.19. The number of nitrogens with one attached hydrogen (secondary N) is 1. The molecule has 0 aromatic carbocycles. The van der Waals surface area contributed by atoms with Gasteiger partial charge < -0.3 is 10.4 Å². The highest BCUT2D eigenvalue weighted by atomic mass is 19.3. The summed E-state index contributed by atoms with van der Waals surface area (Å²) in [4.78, 5) is 4.52. The van der Waals surface area contributed by atoms with Gasteiger partial charge in [-0.15, -0.1) is 0 Å². The second-order valence-corrected chi connectivity index (χ2v) is 6.50. The number of pyridine rings is 1. The predicted octanol–water partition coefficient (Wildman–Crippen LogP) is 3.62. The van der Waals surface area contributed by atoms with E-state index in [2.05, 4.69) is 15.4 Å². The van der Waals surface area contributed by atoms with Crippen LogP contribution in [0, 0.1) is 6.92 Å². The molecule has 130 valence electrons. The Morgan fingerprint density at radius 2 is 2.04 bits per heavy atom. The number of halogens is 2. The third kappa shape index (κ3) is 3.90. The minimum Gasteiger partial charge on any atom is -0.389 e. The molecule has 0 radical (unpaired) electrons. The lowest BCUT2D eigenvalue weighted by molar-refractivity contribution is -0.0361. The summed E-state index contributed by atoms with van der Waals surface area (Å²) in [5, 5.41) is 17.5.